The third kappa shape index (κ3) is 4.02. The summed E-state index contributed by atoms with van der Waals surface area (Å²) >= 11 is 0. The number of pyridine rings is 1. The van der Waals surface area contributed by atoms with Gasteiger partial charge in [0.1, 0.15) is 5.82 Å². The van der Waals surface area contributed by atoms with Gasteiger partial charge in [-0.15, -0.1) is 0 Å². The zero-order valence-electron chi connectivity index (χ0n) is 15.7. The van der Waals surface area contributed by atoms with E-state index in [1.54, 1.807) is 0 Å². The lowest BCUT2D eigenvalue weighted by atomic mass is 9.85. The summed E-state index contributed by atoms with van der Waals surface area (Å²) in [6, 6.07) is 10.7. The largest absolute Gasteiger partial charge is 0.389 e. The molecule has 1 aromatic heterocycles. The van der Waals surface area contributed by atoms with Crippen molar-refractivity contribution in [3.05, 3.63) is 35.9 Å². The molecule has 2 N–H and O–H groups in total. The molecular formula is C22H31N3O. The average Bonchev–Trinajstić information content (AvgIpc) is 2.68. The Labute approximate surface area is 156 Å². The van der Waals surface area contributed by atoms with Crippen LogP contribution in [0.4, 0.5) is 5.82 Å². The van der Waals surface area contributed by atoms with E-state index in [1.165, 1.54) is 36.6 Å². The van der Waals surface area contributed by atoms with Gasteiger partial charge in [0, 0.05) is 37.1 Å². The molecule has 0 unspecified atom stereocenters. The van der Waals surface area contributed by atoms with Crippen molar-refractivity contribution >= 4 is 16.7 Å². The van der Waals surface area contributed by atoms with Gasteiger partial charge >= 0.3 is 0 Å². The van der Waals surface area contributed by atoms with Crippen LogP contribution in [0.25, 0.3) is 10.9 Å². The fraction of sp³-hybridized carbons (Fsp3) is 0.591. The fourth-order valence-corrected chi connectivity index (χ4v) is 4.48. The summed E-state index contributed by atoms with van der Waals surface area (Å²) in [6.45, 7) is 3.65. The van der Waals surface area contributed by atoms with Gasteiger partial charge in [0.15, 0.2) is 0 Å². The van der Waals surface area contributed by atoms with E-state index >= 15 is 0 Å². The van der Waals surface area contributed by atoms with Crippen molar-refractivity contribution in [2.75, 3.05) is 24.5 Å². The second kappa shape index (κ2) is 7.93. The van der Waals surface area contributed by atoms with Crippen LogP contribution in [0.15, 0.2) is 30.3 Å². The van der Waals surface area contributed by atoms with E-state index in [2.05, 4.69) is 40.5 Å². The van der Waals surface area contributed by atoms with Crippen molar-refractivity contribution < 1.29 is 5.11 Å². The number of nitrogens with zero attached hydrogens (tertiary/aromatic N) is 2. The zero-order valence-corrected chi connectivity index (χ0v) is 15.7. The molecule has 0 atom stereocenters. The SMILES string of the molecule is OC1(CNCc2cc3ccccc3nc2N2CCCCC2)CCCCC1. The molecule has 0 radical (unpaired) electrons. The van der Waals surface area contributed by atoms with Crippen molar-refractivity contribution in [2.24, 2.45) is 0 Å². The van der Waals surface area contributed by atoms with Crippen molar-refractivity contribution in [3.63, 3.8) is 0 Å². The van der Waals surface area contributed by atoms with E-state index in [4.69, 9.17) is 4.98 Å². The summed E-state index contributed by atoms with van der Waals surface area (Å²) in [5.41, 5.74) is 1.81. The number of rotatable bonds is 5. The minimum Gasteiger partial charge on any atom is -0.389 e. The van der Waals surface area contributed by atoms with Crippen molar-refractivity contribution in [1.82, 2.24) is 10.3 Å². The number of benzene rings is 1. The molecule has 1 saturated heterocycles. The van der Waals surface area contributed by atoms with Crippen LogP contribution in [0.2, 0.25) is 0 Å². The van der Waals surface area contributed by atoms with Gasteiger partial charge in [0.25, 0.3) is 0 Å². The first kappa shape index (κ1) is 17.7. The highest BCUT2D eigenvalue weighted by Gasteiger charge is 2.28. The standard InChI is InChI=1S/C22H31N3O/c26-22(11-5-1-6-12-22)17-23-16-19-15-18-9-3-4-10-20(18)24-21(19)25-13-7-2-8-14-25/h3-4,9-10,15,23,26H,1-2,5-8,11-14,16-17H2. The number of hydrogen-bond donors (Lipinski definition) is 2. The van der Waals surface area contributed by atoms with Crippen molar-refractivity contribution in [2.45, 2.75) is 63.5 Å². The Morgan fingerprint density at radius 2 is 1.73 bits per heavy atom. The van der Waals surface area contributed by atoms with Gasteiger partial charge in [-0.25, -0.2) is 4.98 Å². The van der Waals surface area contributed by atoms with Crippen LogP contribution in [-0.2, 0) is 6.54 Å². The van der Waals surface area contributed by atoms with Gasteiger partial charge in [-0.1, -0.05) is 37.5 Å². The summed E-state index contributed by atoms with van der Waals surface area (Å²) in [5.74, 6) is 1.13. The number of aromatic nitrogens is 1. The maximum atomic E-state index is 10.8. The highest BCUT2D eigenvalue weighted by Crippen LogP contribution is 2.29. The smallest absolute Gasteiger partial charge is 0.133 e. The summed E-state index contributed by atoms with van der Waals surface area (Å²) in [5, 5.41) is 15.5. The molecule has 4 rings (SSSR count). The number of piperidine rings is 1. The number of para-hydroxylation sites is 1. The van der Waals surface area contributed by atoms with E-state index in [9.17, 15) is 5.11 Å². The molecule has 1 aliphatic carbocycles. The molecule has 0 spiro atoms. The van der Waals surface area contributed by atoms with Crippen molar-refractivity contribution in [3.8, 4) is 0 Å². The summed E-state index contributed by atoms with van der Waals surface area (Å²) in [6.07, 6.45) is 9.23. The lowest BCUT2D eigenvalue weighted by Gasteiger charge is -2.33. The van der Waals surface area contributed by atoms with Crippen LogP contribution in [0.5, 0.6) is 0 Å². The second-order valence-corrected chi connectivity index (χ2v) is 8.10. The Morgan fingerprint density at radius 3 is 2.54 bits per heavy atom. The van der Waals surface area contributed by atoms with E-state index in [1.807, 2.05) is 0 Å². The Balaban J connectivity index is 1.53. The first-order valence-corrected chi connectivity index (χ1v) is 10.3. The molecule has 140 valence electrons. The molecule has 0 bridgehead atoms. The summed E-state index contributed by atoms with van der Waals surface area (Å²) in [7, 11) is 0. The highest BCUT2D eigenvalue weighted by molar-refractivity contribution is 5.81. The Morgan fingerprint density at radius 1 is 1.00 bits per heavy atom. The molecule has 1 aliphatic heterocycles. The fourth-order valence-electron chi connectivity index (χ4n) is 4.48. The van der Waals surface area contributed by atoms with E-state index < -0.39 is 5.60 Å². The Hall–Kier alpha value is -1.65. The van der Waals surface area contributed by atoms with Crippen LogP contribution in [0.3, 0.4) is 0 Å². The van der Waals surface area contributed by atoms with E-state index in [0.717, 1.165) is 56.7 Å². The molecule has 4 heteroatoms. The third-order valence-electron chi connectivity index (χ3n) is 5.99. The van der Waals surface area contributed by atoms with Crippen LogP contribution in [0, 0.1) is 0 Å². The number of nitrogens with one attached hydrogen (secondary N) is 1. The molecule has 2 aliphatic rings. The maximum absolute atomic E-state index is 10.8. The van der Waals surface area contributed by atoms with Gasteiger partial charge in [-0.05, 0) is 44.2 Å². The molecule has 1 aromatic carbocycles. The second-order valence-electron chi connectivity index (χ2n) is 8.10. The minimum atomic E-state index is -0.520. The molecule has 2 fully saturated rings. The maximum Gasteiger partial charge on any atom is 0.133 e. The summed E-state index contributed by atoms with van der Waals surface area (Å²) in [4.78, 5) is 7.45. The topological polar surface area (TPSA) is 48.4 Å². The first-order valence-electron chi connectivity index (χ1n) is 10.3. The van der Waals surface area contributed by atoms with Gasteiger partial charge in [-0.2, -0.15) is 0 Å². The number of fused-ring (bicyclic) bond motifs is 1. The molecule has 2 heterocycles. The van der Waals surface area contributed by atoms with Crippen molar-refractivity contribution in [1.29, 1.82) is 0 Å². The van der Waals surface area contributed by atoms with Gasteiger partial charge < -0.3 is 15.3 Å². The molecular weight excluding hydrogens is 322 g/mol. The molecule has 1 saturated carbocycles. The first-order chi connectivity index (χ1) is 12.7. The average molecular weight is 354 g/mol. The molecule has 4 nitrogen and oxygen atoms in total. The number of hydrogen-bond acceptors (Lipinski definition) is 4. The van der Waals surface area contributed by atoms with Crippen LogP contribution < -0.4 is 10.2 Å². The Bertz CT molecular complexity index is 733. The van der Waals surface area contributed by atoms with Crippen LogP contribution in [-0.4, -0.2) is 35.3 Å². The highest BCUT2D eigenvalue weighted by atomic mass is 16.3. The predicted octanol–water partition coefficient (Wildman–Crippen LogP) is 4.01. The third-order valence-corrected chi connectivity index (χ3v) is 5.99. The molecule has 26 heavy (non-hydrogen) atoms. The lowest BCUT2D eigenvalue weighted by Crippen LogP contribution is -2.42. The Kier molecular flexibility index (Phi) is 5.41. The predicted molar refractivity (Wildman–Crippen MR) is 108 cm³/mol. The van der Waals surface area contributed by atoms with Crippen LogP contribution >= 0.6 is 0 Å². The van der Waals surface area contributed by atoms with Gasteiger partial charge in [-0.3, -0.25) is 0 Å². The summed E-state index contributed by atoms with van der Waals surface area (Å²) < 4.78 is 0. The van der Waals surface area contributed by atoms with E-state index in [-0.39, 0.29) is 0 Å². The normalized spacial score (nSPS) is 20.4. The number of anilines is 1. The molecule has 2 aromatic rings. The lowest BCUT2D eigenvalue weighted by molar-refractivity contribution is 0.00468. The minimum absolute atomic E-state index is 0.520. The van der Waals surface area contributed by atoms with E-state index in [0.29, 0.717) is 6.54 Å². The number of aliphatic hydroxyl groups is 1. The quantitative estimate of drug-likeness (QED) is 0.853. The molecule has 0 amide bonds. The monoisotopic (exact) mass is 353 g/mol. The zero-order chi connectivity index (χ0) is 17.8. The van der Waals surface area contributed by atoms with Gasteiger partial charge in [0.2, 0.25) is 0 Å². The van der Waals surface area contributed by atoms with Crippen LogP contribution in [0.1, 0.15) is 56.9 Å². The van der Waals surface area contributed by atoms with Gasteiger partial charge in [0.05, 0.1) is 11.1 Å².